The second kappa shape index (κ2) is 7.35. The van der Waals surface area contributed by atoms with Gasteiger partial charge in [0.15, 0.2) is 0 Å². The zero-order valence-electron chi connectivity index (χ0n) is 14.4. The van der Waals surface area contributed by atoms with Gasteiger partial charge in [-0.2, -0.15) is 0 Å². The van der Waals surface area contributed by atoms with Crippen molar-refractivity contribution in [3.63, 3.8) is 0 Å². The van der Waals surface area contributed by atoms with Gasteiger partial charge in [-0.25, -0.2) is 9.97 Å². The summed E-state index contributed by atoms with van der Waals surface area (Å²) in [6.45, 7) is 6.79. The Hall–Kier alpha value is -2.54. The highest BCUT2D eigenvalue weighted by Gasteiger charge is 2.19. The van der Waals surface area contributed by atoms with E-state index in [4.69, 9.17) is 4.74 Å². The van der Waals surface area contributed by atoms with Gasteiger partial charge in [0.2, 0.25) is 0 Å². The van der Waals surface area contributed by atoms with Crippen LogP contribution in [0.25, 0.3) is 0 Å². The van der Waals surface area contributed by atoms with E-state index in [1.807, 2.05) is 20.8 Å². The van der Waals surface area contributed by atoms with E-state index >= 15 is 0 Å². The van der Waals surface area contributed by atoms with Gasteiger partial charge in [-0.3, -0.25) is 10.1 Å². The standard InChI is InChI=1S/C17H22N4O3/c1-17(2,3)16-19-13(11-24-4)9-15(20-16)18-10-12-7-5-6-8-14(12)21(22)23/h5-9H,10-11H2,1-4H3,(H,18,19,20). The molecule has 7 heteroatoms. The molecule has 0 saturated heterocycles. The number of nitro benzene ring substituents is 1. The molecule has 0 atom stereocenters. The maximum atomic E-state index is 11.1. The summed E-state index contributed by atoms with van der Waals surface area (Å²) >= 11 is 0. The van der Waals surface area contributed by atoms with Crippen molar-refractivity contribution < 1.29 is 9.66 Å². The number of nitrogens with zero attached hydrogens (tertiary/aromatic N) is 3. The van der Waals surface area contributed by atoms with Crippen LogP contribution in [0, 0.1) is 10.1 Å². The summed E-state index contributed by atoms with van der Waals surface area (Å²) in [6, 6.07) is 8.45. The molecule has 7 nitrogen and oxygen atoms in total. The van der Waals surface area contributed by atoms with Gasteiger partial charge in [-0.15, -0.1) is 0 Å². The number of nitro groups is 1. The SMILES string of the molecule is COCc1cc(NCc2ccccc2[N+](=O)[O-])nc(C(C)(C)C)n1. The van der Waals surface area contributed by atoms with Crippen molar-refractivity contribution >= 4 is 11.5 Å². The molecule has 0 saturated carbocycles. The first-order valence-corrected chi connectivity index (χ1v) is 7.65. The van der Waals surface area contributed by atoms with Crippen LogP contribution in [0.3, 0.4) is 0 Å². The molecule has 0 aliphatic carbocycles. The van der Waals surface area contributed by atoms with E-state index < -0.39 is 0 Å². The minimum absolute atomic E-state index is 0.0900. The Morgan fingerprint density at radius 3 is 2.58 bits per heavy atom. The topological polar surface area (TPSA) is 90.2 Å². The van der Waals surface area contributed by atoms with Crippen LogP contribution in [0.15, 0.2) is 30.3 Å². The second-order valence-corrected chi connectivity index (χ2v) is 6.49. The molecular weight excluding hydrogens is 308 g/mol. The van der Waals surface area contributed by atoms with E-state index in [1.165, 1.54) is 6.07 Å². The number of hydrogen-bond donors (Lipinski definition) is 1. The van der Waals surface area contributed by atoms with Gasteiger partial charge in [0.1, 0.15) is 11.6 Å². The fraction of sp³-hybridized carbons (Fsp3) is 0.412. The lowest BCUT2D eigenvalue weighted by molar-refractivity contribution is -0.385. The van der Waals surface area contributed by atoms with Crippen LogP contribution in [-0.2, 0) is 23.3 Å². The molecule has 1 aromatic heterocycles. The van der Waals surface area contributed by atoms with Crippen molar-refractivity contribution in [1.29, 1.82) is 0 Å². The van der Waals surface area contributed by atoms with Crippen molar-refractivity contribution in [3.05, 3.63) is 57.5 Å². The predicted molar refractivity (Wildman–Crippen MR) is 91.9 cm³/mol. The van der Waals surface area contributed by atoms with E-state index in [0.717, 1.165) is 5.69 Å². The Bertz CT molecular complexity index is 726. The van der Waals surface area contributed by atoms with Crippen molar-refractivity contribution in [1.82, 2.24) is 9.97 Å². The molecule has 0 aliphatic rings. The number of para-hydroxylation sites is 1. The molecule has 0 unspecified atom stereocenters. The zero-order chi connectivity index (χ0) is 17.7. The average Bonchev–Trinajstić information content (AvgIpc) is 2.52. The Kier molecular flexibility index (Phi) is 5.46. The first kappa shape index (κ1) is 17.8. The summed E-state index contributed by atoms with van der Waals surface area (Å²) in [5, 5.41) is 14.2. The maximum absolute atomic E-state index is 11.1. The third kappa shape index (κ3) is 4.48. The minimum atomic E-state index is -0.381. The Balaban J connectivity index is 2.26. The van der Waals surface area contributed by atoms with Gasteiger partial charge in [0.25, 0.3) is 5.69 Å². The number of aromatic nitrogens is 2. The number of benzene rings is 1. The molecule has 0 radical (unpaired) electrons. The van der Waals surface area contributed by atoms with Gasteiger partial charge in [0.05, 0.1) is 17.2 Å². The van der Waals surface area contributed by atoms with Crippen molar-refractivity contribution in [2.45, 2.75) is 39.3 Å². The van der Waals surface area contributed by atoms with Crippen LogP contribution in [0.2, 0.25) is 0 Å². The van der Waals surface area contributed by atoms with Gasteiger partial charge in [-0.1, -0.05) is 39.0 Å². The molecule has 0 aliphatic heterocycles. The molecule has 0 bridgehead atoms. The molecule has 2 rings (SSSR count). The number of anilines is 1. The molecule has 1 heterocycles. The summed E-state index contributed by atoms with van der Waals surface area (Å²) < 4.78 is 5.16. The molecule has 1 aromatic carbocycles. The number of rotatable bonds is 6. The van der Waals surface area contributed by atoms with Gasteiger partial charge in [-0.05, 0) is 0 Å². The van der Waals surface area contributed by atoms with E-state index in [1.54, 1.807) is 31.4 Å². The van der Waals surface area contributed by atoms with E-state index in [-0.39, 0.29) is 16.0 Å². The fourth-order valence-electron chi connectivity index (χ4n) is 2.17. The average molecular weight is 330 g/mol. The first-order valence-electron chi connectivity index (χ1n) is 7.65. The maximum Gasteiger partial charge on any atom is 0.274 e. The second-order valence-electron chi connectivity index (χ2n) is 6.49. The van der Waals surface area contributed by atoms with E-state index in [9.17, 15) is 10.1 Å². The highest BCUT2D eigenvalue weighted by atomic mass is 16.6. The summed E-state index contributed by atoms with van der Waals surface area (Å²) in [4.78, 5) is 19.8. The van der Waals surface area contributed by atoms with E-state index in [0.29, 0.717) is 30.4 Å². The predicted octanol–water partition coefficient (Wildman–Crippen LogP) is 3.44. The van der Waals surface area contributed by atoms with Gasteiger partial charge < -0.3 is 10.1 Å². The van der Waals surface area contributed by atoms with Crippen LogP contribution in [-0.4, -0.2) is 22.0 Å². The number of methoxy groups -OCH3 is 1. The lowest BCUT2D eigenvalue weighted by Crippen LogP contribution is -2.18. The molecule has 128 valence electrons. The molecule has 24 heavy (non-hydrogen) atoms. The van der Waals surface area contributed by atoms with Crippen molar-refractivity contribution in [2.75, 3.05) is 12.4 Å². The number of hydrogen-bond acceptors (Lipinski definition) is 6. The molecule has 0 fully saturated rings. The third-order valence-electron chi connectivity index (χ3n) is 3.39. The number of nitrogens with one attached hydrogen (secondary N) is 1. The lowest BCUT2D eigenvalue weighted by atomic mass is 9.95. The molecule has 2 aromatic rings. The normalized spacial score (nSPS) is 11.3. The molecule has 1 N–H and O–H groups in total. The van der Waals surface area contributed by atoms with Crippen LogP contribution in [0.4, 0.5) is 11.5 Å². The highest BCUT2D eigenvalue weighted by molar-refractivity contribution is 5.44. The smallest absolute Gasteiger partial charge is 0.274 e. The van der Waals surface area contributed by atoms with Gasteiger partial charge >= 0.3 is 0 Å². The summed E-state index contributed by atoms with van der Waals surface area (Å²) in [5.41, 5.74) is 1.25. The molecule has 0 spiro atoms. The summed E-state index contributed by atoms with van der Waals surface area (Å²) in [6.07, 6.45) is 0. The zero-order valence-corrected chi connectivity index (χ0v) is 14.4. The third-order valence-corrected chi connectivity index (χ3v) is 3.39. The Labute approximate surface area is 141 Å². The quantitative estimate of drug-likeness (QED) is 0.644. The van der Waals surface area contributed by atoms with E-state index in [2.05, 4.69) is 15.3 Å². The monoisotopic (exact) mass is 330 g/mol. The highest BCUT2D eigenvalue weighted by Crippen LogP contribution is 2.22. The Morgan fingerprint density at radius 2 is 1.96 bits per heavy atom. The van der Waals surface area contributed by atoms with Crippen LogP contribution < -0.4 is 5.32 Å². The van der Waals surface area contributed by atoms with Crippen molar-refractivity contribution in [3.8, 4) is 0 Å². The Morgan fingerprint density at radius 1 is 1.25 bits per heavy atom. The lowest BCUT2D eigenvalue weighted by Gasteiger charge is -2.19. The minimum Gasteiger partial charge on any atom is -0.378 e. The number of ether oxygens (including phenoxy) is 1. The van der Waals surface area contributed by atoms with Gasteiger partial charge in [0, 0.05) is 36.8 Å². The van der Waals surface area contributed by atoms with Crippen LogP contribution in [0.1, 0.15) is 37.9 Å². The molecular formula is C17H22N4O3. The van der Waals surface area contributed by atoms with Crippen molar-refractivity contribution in [2.24, 2.45) is 0 Å². The summed E-state index contributed by atoms with van der Waals surface area (Å²) in [5.74, 6) is 1.32. The van der Waals surface area contributed by atoms with Crippen LogP contribution >= 0.6 is 0 Å². The van der Waals surface area contributed by atoms with Crippen LogP contribution in [0.5, 0.6) is 0 Å². The fourth-order valence-corrected chi connectivity index (χ4v) is 2.17. The first-order chi connectivity index (χ1) is 11.3. The molecule has 0 amide bonds. The summed E-state index contributed by atoms with van der Waals surface area (Å²) in [7, 11) is 1.61. The largest absolute Gasteiger partial charge is 0.378 e.